The molecule has 0 fully saturated rings. The molecule has 0 amide bonds. The van der Waals surface area contributed by atoms with Gasteiger partial charge >= 0.3 is 6.36 Å². The largest absolute Gasteiger partial charge is 0.573 e. The van der Waals surface area contributed by atoms with Gasteiger partial charge in [-0.3, -0.25) is 0 Å². The Morgan fingerprint density at radius 2 is 1.18 bits per heavy atom. The zero-order valence-corrected chi connectivity index (χ0v) is 16.1. The summed E-state index contributed by atoms with van der Waals surface area (Å²) >= 11 is 11.0. The van der Waals surface area contributed by atoms with Crippen LogP contribution in [0.4, 0.5) is 13.2 Å². The van der Waals surface area contributed by atoms with Crippen molar-refractivity contribution >= 4 is 23.2 Å². The second kappa shape index (κ2) is 10.9. The third kappa shape index (κ3) is 9.10. The van der Waals surface area contributed by atoms with E-state index in [1.54, 1.807) is 24.3 Å². The molecule has 0 radical (unpaired) electrons. The number of hydrogen-bond acceptors (Lipinski definition) is 4. The van der Waals surface area contributed by atoms with E-state index in [9.17, 15) is 13.2 Å². The molecule has 152 valence electrons. The molecule has 2 rings (SSSR count). The SMILES string of the molecule is FC(F)(F)Oc1ccc(OCCCOc2ccc(OCC=C(Cl)Cl)cc2)cc1. The first-order valence-electron chi connectivity index (χ1n) is 8.17. The van der Waals surface area contributed by atoms with E-state index in [4.69, 9.17) is 37.4 Å². The molecule has 28 heavy (non-hydrogen) atoms. The van der Waals surface area contributed by atoms with E-state index in [1.807, 2.05) is 0 Å². The second-order valence-corrected chi connectivity index (χ2v) is 6.35. The molecule has 0 unspecified atom stereocenters. The molecule has 0 atom stereocenters. The lowest BCUT2D eigenvalue weighted by Crippen LogP contribution is -2.17. The fraction of sp³-hybridized carbons (Fsp3) is 0.263. The van der Waals surface area contributed by atoms with E-state index in [2.05, 4.69) is 4.74 Å². The van der Waals surface area contributed by atoms with Crippen molar-refractivity contribution in [2.75, 3.05) is 19.8 Å². The Labute approximate surface area is 170 Å². The van der Waals surface area contributed by atoms with Gasteiger partial charge in [-0.15, -0.1) is 13.2 Å². The molecule has 9 heteroatoms. The van der Waals surface area contributed by atoms with Gasteiger partial charge in [0, 0.05) is 6.42 Å². The molecule has 0 aromatic heterocycles. The molecule has 0 N–H and O–H groups in total. The van der Waals surface area contributed by atoms with Crippen molar-refractivity contribution in [3.63, 3.8) is 0 Å². The van der Waals surface area contributed by atoms with Gasteiger partial charge in [0.25, 0.3) is 0 Å². The quantitative estimate of drug-likeness (QED) is 0.419. The fourth-order valence-electron chi connectivity index (χ4n) is 2.01. The van der Waals surface area contributed by atoms with E-state index in [0.717, 1.165) is 0 Å². The van der Waals surface area contributed by atoms with E-state index < -0.39 is 6.36 Å². The average molecular weight is 437 g/mol. The van der Waals surface area contributed by atoms with Crippen molar-refractivity contribution in [2.45, 2.75) is 12.8 Å². The first-order chi connectivity index (χ1) is 13.3. The van der Waals surface area contributed by atoms with Crippen LogP contribution in [0.25, 0.3) is 0 Å². The molecule has 0 aliphatic rings. The summed E-state index contributed by atoms with van der Waals surface area (Å²) in [6.45, 7) is 1.04. The highest BCUT2D eigenvalue weighted by Gasteiger charge is 2.30. The molecule has 2 aromatic carbocycles. The number of halogens is 5. The first kappa shape index (κ1) is 22.0. The van der Waals surface area contributed by atoms with Crippen molar-refractivity contribution in [3.8, 4) is 23.0 Å². The Balaban J connectivity index is 1.64. The molecule has 0 spiro atoms. The first-order valence-corrected chi connectivity index (χ1v) is 8.93. The van der Waals surface area contributed by atoms with E-state index >= 15 is 0 Å². The van der Waals surface area contributed by atoms with Crippen LogP contribution in [-0.2, 0) is 0 Å². The topological polar surface area (TPSA) is 36.9 Å². The van der Waals surface area contributed by atoms with Crippen LogP contribution in [0, 0.1) is 0 Å². The number of alkyl halides is 3. The summed E-state index contributed by atoms with van der Waals surface area (Å²) in [5.74, 6) is 1.48. The summed E-state index contributed by atoms with van der Waals surface area (Å²) in [6.07, 6.45) is -2.58. The zero-order valence-electron chi connectivity index (χ0n) is 14.5. The van der Waals surface area contributed by atoms with Gasteiger partial charge in [-0.2, -0.15) is 0 Å². The molecular formula is C19H17Cl2F3O4. The van der Waals surface area contributed by atoms with Crippen LogP contribution in [0.3, 0.4) is 0 Å². The van der Waals surface area contributed by atoms with Crippen LogP contribution in [0.5, 0.6) is 23.0 Å². The molecule has 0 saturated carbocycles. The Hall–Kier alpha value is -2.25. The smallest absolute Gasteiger partial charge is 0.493 e. The molecule has 0 aliphatic heterocycles. The minimum absolute atomic E-state index is 0.146. The summed E-state index contributed by atoms with van der Waals surface area (Å²) in [5.41, 5.74) is 0. The van der Waals surface area contributed by atoms with E-state index in [0.29, 0.717) is 36.9 Å². The van der Waals surface area contributed by atoms with Crippen molar-refractivity contribution < 1.29 is 32.1 Å². The fourth-order valence-corrected chi connectivity index (χ4v) is 2.14. The lowest BCUT2D eigenvalue weighted by molar-refractivity contribution is -0.274. The standard InChI is InChI=1S/C19H17Cl2F3O4/c20-18(21)10-13-27-16-4-2-14(3-5-16)25-11-1-12-26-15-6-8-17(9-7-15)28-19(22,23)24/h2-10H,1,11-13H2. The van der Waals surface area contributed by atoms with Crippen LogP contribution in [0.1, 0.15) is 6.42 Å². The molecule has 2 aromatic rings. The van der Waals surface area contributed by atoms with Gasteiger partial charge in [-0.25, -0.2) is 0 Å². The Bertz CT molecular complexity index is 743. The maximum Gasteiger partial charge on any atom is 0.573 e. The predicted molar refractivity (Wildman–Crippen MR) is 100 cm³/mol. The molecule has 4 nitrogen and oxygen atoms in total. The highest BCUT2D eigenvalue weighted by atomic mass is 35.5. The zero-order chi connectivity index (χ0) is 20.4. The summed E-state index contributed by atoms with van der Waals surface area (Å²) in [5, 5.41) is 0. The van der Waals surface area contributed by atoms with Crippen molar-refractivity contribution in [1.82, 2.24) is 0 Å². The third-order valence-corrected chi connectivity index (χ3v) is 3.50. The van der Waals surface area contributed by atoms with Crippen LogP contribution in [0.15, 0.2) is 59.1 Å². The Kier molecular flexibility index (Phi) is 8.60. The van der Waals surface area contributed by atoms with Gasteiger partial charge in [0.15, 0.2) is 0 Å². The normalized spacial score (nSPS) is 10.9. The van der Waals surface area contributed by atoms with Crippen molar-refractivity contribution in [1.29, 1.82) is 0 Å². The van der Waals surface area contributed by atoms with Crippen molar-refractivity contribution in [2.24, 2.45) is 0 Å². The van der Waals surface area contributed by atoms with E-state index in [1.165, 1.54) is 30.3 Å². The predicted octanol–water partition coefficient (Wildman–Crippen LogP) is 6.13. The maximum absolute atomic E-state index is 12.1. The summed E-state index contributed by atoms with van der Waals surface area (Å²) < 4.78 is 56.6. The Morgan fingerprint density at radius 3 is 1.61 bits per heavy atom. The molecular weight excluding hydrogens is 420 g/mol. The Morgan fingerprint density at radius 1 is 0.750 bits per heavy atom. The van der Waals surface area contributed by atoms with Gasteiger partial charge in [0.05, 0.1) is 13.2 Å². The minimum atomic E-state index is -4.71. The van der Waals surface area contributed by atoms with Crippen LogP contribution < -0.4 is 18.9 Å². The van der Waals surface area contributed by atoms with Crippen LogP contribution in [0.2, 0.25) is 0 Å². The molecule has 0 saturated heterocycles. The van der Waals surface area contributed by atoms with Gasteiger partial charge in [0.1, 0.15) is 34.1 Å². The van der Waals surface area contributed by atoms with Gasteiger partial charge < -0.3 is 18.9 Å². The molecule has 0 bridgehead atoms. The average Bonchev–Trinajstić information content (AvgIpc) is 2.62. The number of ether oxygens (including phenoxy) is 4. The summed E-state index contributed by atoms with van der Waals surface area (Å²) in [7, 11) is 0. The number of rotatable bonds is 10. The summed E-state index contributed by atoms with van der Waals surface area (Å²) in [6, 6.07) is 12.3. The van der Waals surface area contributed by atoms with Gasteiger partial charge in [0.2, 0.25) is 0 Å². The van der Waals surface area contributed by atoms with Gasteiger partial charge in [-0.05, 0) is 54.6 Å². The number of hydrogen-bond donors (Lipinski definition) is 0. The third-order valence-electron chi connectivity index (χ3n) is 3.19. The minimum Gasteiger partial charge on any atom is -0.493 e. The second-order valence-electron chi connectivity index (χ2n) is 5.35. The van der Waals surface area contributed by atoms with Crippen LogP contribution >= 0.6 is 23.2 Å². The van der Waals surface area contributed by atoms with Crippen LogP contribution in [-0.4, -0.2) is 26.2 Å². The summed E-state index contributed by atoms with van der Waals surface area (Å²) in [4.78, 5) is 0. The van der Waals surface area contributed by atoms with E-state index in [-0.39, 0.29) is 16.8 Å². The molecule has 0 heterocycles. The maximum atomic E-state index is 12.1. The highest BCUT2D eigenvalue weighted by molar-refractivity contribution is 6.55. The van der Waals surface area contributed by atoms with Crippen molar-refractivity contribution in [3.05, 3.63) is 59.1 Å². The highest BCUT2D eigenvalue weighted by Crippen LogP contribution is 2.24. The lowest BCUT2D eigenvalue weighted by atomic mass is 10.3. The van der Waals surface area contributed by atoms with Gasteiger partial charge in [-0.1, -0.05) is 23.2 Å². The monoisotopic (exact) mass is 436 g/mol. The molecule has 0 aliphatic carbocycles. The lowest BCUT2D eigenvalue weighted by Gasteiger charge is -2.11. The number of benzene rings is 2.